The van der Waals surface area contributed by atoms with Gasteiger partial charge in [0.05, 0.1) is 19.9 Å². The predicted octanol–water partition coefficient (Wildman–Crippen LogP) is 1.72. The quantitative estimate of drug-likeness (QED) is 0.651. The third-order valence-electron chi connectivity index (χ3n) is 5.13. The number of carbonyl (C=O) groups excluding carboxylic acids is 2. The van der Waals surface area contributed by atoms with Crippen LogP contribution >= 0.6 is 0 Å². The molecule has 1 heterocycles. The number of para-hydroxylation sites is 1. The van der Waals surface area contributed by atoms with Crippen LogP contribution in [0.5, 0.6) is 11.5 Å². The fourth-order valence-corrected chi connectivity index (χ4v) is 3.43. The maximum Gasteiger partial charge on any atom is 0.313 e. The molecule has 9 heteroatoms. The number of halogens is 1. The number of anilines is 2. The number of rotatable bonds is 7. The first-order valence-electron chi connectivity index (χ1n) is 10.0. The number of nitrogens with zero attached hydrogens (tertiary/aromatic N) is 2. The summed E-state index contributed by atoms with van der Waals surface area (Å²) in [5, 5.41) is 5.17. The normalized spacial score (nSPS) is 14.1. The molecule has 0 spiro atoms. The summed E-state index contributed by atoms with van der Waals surface area (Å²) in [6, 6.07) is 11.6. The lowest BCUT2D eigenvalue weighted by molar-refractivity contribution is -0.136. The number of methoxy groups -OCH3 is 2. The Kier molecular flexibility index (Phi) is 7.66. The van der Waals surface area contributed by atoms with Crippen molar-refractivity contribution in [3.63, 3.8) is 0 Å². The van der Waals surface area contributed by atoms with Gasteiger partial charge in [-0.15, -0.1) is 0 Å². The van der Waals surface area contributed by atoms with Gasteiger partial charge in [0.1, 0.15) is 5.82 Å². The second-order valence-corrected chi connectivity index (χ2v) is 7.06. The molecule has 166 valence electrons. The van der Waals surface area contributed by atoms with Crippen LogP contribution in [-0.2, 0) is 9.59 Å². The number of benzene rings is 2. The molecule has 0 aromatic heterocycles. The minimum absolute atomic E-state index is 0.219. The molecule has 0 saturated carbocycles. The molecule has 3 rings (SSSR count). The number of hydrogen-bond acceptors (Lipinski definition) is 6. The summed E-state index contributed by atoms with van der Waals surface area (Å²) in [5.41, 5.74) is 1.05. The van der Waals surface area contributed by atoms with Crippen LogP contribution in [0.1, 0.15) is 0 Å². The van der Waals surface area contributed by atoms with E-state index in [4.69, 9.17) is 9.47 Å². The summed E-state index contributed by atoms with van der Waals surface area (Å²) < 4.78 is 24.3. The number of carbonyl (C=O) groups is 2. The van der Waals surface area contributed by atoms with Crippen LogP contribution in [0.2, 0.25) is 0 Å². The van der Waals surface area contributed by atoms with E-state index in [9.17, 15) is 14.0 Å². The second kappa shape index (κ2) is 10.6. The van der Waals surface area contributed by atoms with Gasteiger partial charge in [-0.05, 0) is 24.3 Å². The Hall–Kier alpha value is -3.33. The fraction of sp³-hybridized carbons (Fsp3) is 0.364. The zero-order chi connectivity index (χ0) is 22.2. The summed E-state index contributed by atoms with van der Waals surface area (Å²) in [7, 11) is 3.01. The van der Waals surface area contributed by atoms with Gasteiger partial charge in [0.2, 0.25) is 0 Å². The highest BCUT2D eigenvalue weighted by atomic mass is 19.1. The van der Waals surface area contributed by atoms with Crippen LogP contribution in [-0.4, -0.2) is 70.2 Å². The van der Waals surface area contributed by atoms with Crippen molar-refractivity contribution in [2.45, 2.75) is 0 Å². The largest absolute Gasteiger partial charge is 0.493 e. The fourth-order valence-electron chi connectivity index (χ4n) is 3.43. The van der Waals surface area contributed by atoms with Gasteiger partial charge >= 0.3 is 11.8 Å². The van der Waals surface area contributed by atoms with E-state index < -0.39 is 11.8 Å². The van der Waals surface area contributed by atoms with Gasteiger partial charge in [0, 0.05) is 51.0 Å². The van der Waals surface area contributed by atoms with Crippen molar-refractivity contribution in [2.24, 2.45) is 0 Å². The highest BCUT2D eigenvalue weighted by molar-refractivity contribution is 6.39. The van der Waals surface area contributed by atoms with Crippen molar-refractivity contribution in [1.29, 1.82) is 0 Å². The van der Waals surface area contributed by atoms with Gasteiger partial charge in [-0.3, -0.25) is 14.5 Å². The van der Waals surface area contributed by atoms with Gasteiger partial charge in [-0.25, -0.2) is 4.39 Å². The number of nitrogens with one attached hydrogen (secondary N) is 2. The highest BCUT2D eigenvalue weighted by Crippen LogP contribution is 2.29. The molecule has 8 nitrogen and oxygen atoms in total. The molecule has 2 amide bonds. The molecule has 2 N–H and O–H groups in total. The zero-order valence-electron chi connectivity index (χ0n) is 17.7. The lowest BCUT2D eigenvalue weighted by Crippen LogP contribution is -2.49. The van der Waals surface area contributed by atoms with Gasteiger partial charge in [-0.1, -0.05) is 12.1 Å². The first-order valence-corrected chi connectivity index (χ1v) is 10.0. The van der Waals surface area contributed by atoms with E-state index in [1.54, 1.807) is 30.3 Å². The Morgan fingerprint density at radius 1 is 0.968 bits per heavy atom. The molecule has 0 radical (unpaired) electrons. The van der Waals surface area contributed by atoms with Crippen LogP contribution in [0.4, 0.5) is 15.8 Å². The molecule has 2 aromatic rings. The Balaban J connectivity index is 1.40. The van der Waals surface area contributed by atoms with E-state index in [1.807, 2.05) is 11.0 Å². The second-order valence-electron chi connectivity index (χ2n) is 7.06. The summed E-state index contributed by atoms with van der Waals surface area (Å²) in [6.07, 6.45) is 0. The zero-order valence-corrected chi connectivity index (χ0v) is 17.7. The molecule has 1 saturated heterocycles. The minimum atomic E-state index is -0.753. The number of ether oxygens (including phenoxy) is 2. The number of amides is 2. The van der Waals surface area contributed by atoms with Crippen LogP contribution < -0.4 is 25.0 Å². The van der Waals surface area contributed by atoms with Crippen molar-refractivity contribution < 1.29 is 23.5 Å². The van der Waals surface area contributed by atoms with E-state index in [-0.39, 0.29) is 5.82 Å². The topological polar surface area (TPSA) is 83.1 Å². The first-order chi connectivity index (χ1) is 15.0. The van der Waals surface area contributed by atoms with Crippen molar-refractivity contribution >= 4 is 23.2 Å². The number of piperazine rings is 1. The monoisotopic (exact) mass is 430 g/mol. The highest BCUT2D eigenvalue weighted by Gasteiger charge is 2.20. The Bertz CT molecular complexity index is 916. The average Bonchev–Trinajstić information content (AvgIpc) is 2.79. The maximum atomic E-state index is 13.9. The van der Waals surface area contributed by atoms with Crippen LogP contribution in [0.25, 0.3) is 0 Å². The molecule has 0 unspecified atom stereocenters. The molecule has 2 aromatic carbocycles. The summed E-state index contributed by atoms with van der Waals surface area (Å²) in [6.45, 7) is 3.87. The van der Waals surface area contributed by atoms with Crippen LogP contribution in [0.3, 0.4) is 0 Å². The van der Waals surface area contributed by atoms with E-state index in [1.165, 1.54) is 20.3 Å². The molecule has 0 bridgehead atoms. The standard InChI is InChI=1S/C22H27FN4O4/c1-30-19-8-7-16(15-20(19)31-2)25-22(29)21(28)24-9-10-26-11-13-27(14-12-26)18-6-4-3-5-17(18)23/h3-8,15H,9-14H2,1-2H3,(H,24,28)(H,25,29). The third-order valence-corrected chi connectivity index (χ3v) is 5.13. The van der Waals surface area contributed by atoms with Crippen molar-refractivity contribution in [1.82, 2.24) is 10.2 Å². The van der Waals surface area contributed by atoms with Crippen molar-refractivity contribution in [3.8, 4) is 11.5 Å². The third kappa shape index (κ3) is 5.85. The molecule has 0 aliphatic carbocycles. The lowest BCUT2D eigenvalue weighted by Gasteiger charge is -2.36. The van der Waals surface area contributed by atoms with Crippen molar-refractivity contribution in [2.75, 3.05) is 63.7 Å². The summed E-state index contributed by atoms with van der Waals surface area (Å²) in [4.78, 5) is 28.4. The SMILES string of the molecule is COc1ccc(NC(=O)C(=O)NCCN2CCN(c3ccccc3F)CC2)cc1OC. The lowest BCUT2D eigenvalue weighted by atomic mass is 10.2. The first kappa shape index (κ1) is 22.4. The molecular weight excluding hydrogens is 403 g/mol. The Morgan fingerprint density at radius 3 is 2.35 bits per heavy atom. The smallest absolute Gasteiger partial charge is 0.313 e. The van der Waals surface area contributed by atoms with E-state index in [0.717, 1.165) is 13.1 Å². The summed E-state index contributed by atoms with van der Waals surface area (Å²) >= 11 is 0. The van der Waals surface area contributed by atoms with Gasteiger partial charge < -0.3 is 25.0 Å². The molecular formula is C22H27FN4O4. The molecule has 31 heavy (non-hydrogen) atoms. The van der Waals surface area contributed by atoms with Gasteiger partial charge in [0.25, 0.3) is 0 Å². The summed E-state index contributed by atoms with van der Waals surface area (Å²) in [5.74, 6) is -0.699. The Labute approximate surface area is 180 Å². The van der Waals surface area contributed by atoms with Crippen LogP contribution in [0.15, 0.2) is 42.5 Å². The average molecular weight is 430 g/mol. The van der Waals surface area contributed by atoms with E-state index >= 15 is 0 Å². The van der Waals surface area contributed by atoms with E-state index in [2.05, 4.69) is 15.5 Å². The Morgan fingerprint density at radius 2 is 1.68 bits per heavy atom. The number of hydrogen-bond donors (Lipinski definition) is 2. The van der Waals surface area contributed by atoms with Crippen LogP contribution in [0, 0.1) is 5.82 Å². The maximum absolute atomic E-state index is 13.9. The van der Waals surface area contributed by atoms with Gasteiger partial charge in [0.15, 0.2) is 11.5 Å². The van der Waals surface area contributed by atoms with Gasteiger partial charge in [-0.2, -0.15) is 0 Å². The predicted molar refractivity (Wildman–Crippen MR) is 116 cm³/mol. The van der Waals surface area contributed by atoms with E-state index in [0.29, 0.717) is 49.1 Å². The molecule has 1 aliphatic rings. The molecule has 1 fully saturated rings. The molecule has 1 aliphatic heterocycles. The minimum Gasteiger partial charge on any atom is -0.493 e. The van der Waals surface area contributed by atoms with Crippen molar-refractivity contribution in [3.05, 3.63) is 48.3 Å². The molecule has 0 atom stereocenters.